The van der Waals surface area contributed by atoms with Gasteiger partial charge in [0.25, 0.3) is 0 Å². The number of ether oxygens (including phenoxy) is 1. The normalized spacial score (nSPS) is 11.3. The predicted octanol–water partition coefficient (Wildman–Crippen LogP) is 4.06. The maximum Gasteiger partial charge on any atom is 0.323 e. The highest BCUT2D eigenvalue weighted by atomic mass is 35.5. The van der Waals surface area contributed by atoms with E-state index < -0.39 is 12.0 Å². The Balaban J connectivity index is 0.00000288. The van der Waals surface area contributed by atoms with E-state index in [9.17, 15) is 9.59 Å². The summed E-state index contributed by atoms with van der Waals surface area (Å²) in [6.45, 7) is 0.114. The fourth-order valence-electron chi connectivity index (χ4n) is 1.94. The van der Waals surface area contributed by atoms with Crippen molar-refractivity contribution in [1.82, 2.24) is 0 Å². The molecule has 0 bridgehead atoms. The molecule has 0 aliphatic carbocycles. The van der Waals surface area contributed by atoms with Gasteiger partial charge in [-0.05, 0) is 23.8 Å². The number of benzene rings is 2. The van der Waals surface area contributed by atoms with Gasteiger partial charge in [0.05, 0.1) is 5.02 Å². The summed E-state index contributed by atoms with van der Waals surface area (Å²) in [5.74, 6) is -0.969. The first-order valence-electron chi connectivity index (χ1n) is 6.92. The third-order valence-electron chi connectivity index (χ3n) is 3.16. The van der Waals surface area contributed by atoms with Crippen LogP contribution in [0.5, 0.6) is 0 Å². The van der Waals surface area contributed by atoms with E-state index in [2.05, 4.69) is 0 Å². The van der Waals surface area contributed by atoms with Gasteiger partial charge in [-0.15, -0.1) is 12.4 Å². The van der Waals surface area contributed by atoms with Gasteiger partial charge in [-0.2, -0.15) is 0 Å². The number of esters is 1. The average Bonchev–Trinajstić information content (AvgIpc) is 2.53. The van der Waals surface area contributed by atoms with E-state index in [0.29, 0.717) is 5.02 Å². The van der Waals surface area contributed by atoms with Crippen LogP contribution >= 0.6 is 35.6 Å². The van der Waals surface area contributed by atoms with Crippen LogP contribution in [0.4, 0.5) is 0 Å². The molecule has 1 atom stereocenters. The largest absolute Gasteiger partial charge is 0.460 e. The van der Waals surface area contributed by atoms with Crippen molar-refractivity contribution in [1.29, 1.82) is 0 Å². The number of ketones is 1. The molecule has 2 rings (SSSR count). The lowest BCUT2D eigenvalue weighted by molar-refractivity contribution is -0.146. The second kappa shape index (κ2) is 9.64. The zero-order valence-electron chi connectivity index (χ0n) is 12.6. The van der Waals surface area contributed by atoms with Gasteiger partial charge in [-0.3, -0.25) is 9.59 Å². The minimum Gasteiger partial charge on any atom is -0.460 e. The lowest BCUT2D eigenvalue weighted by Gasteiger charge is -2.11. The summed E-state index contributed by atoms with van der Waals surface area (Å²) in [6.07, 6.45) is -0.186. The zero-order chi connectivity index (χ0) is 16.8. The molecule has 2 N–H and O–H groups in total. The van der Waals surface area contributed by atoms with E-state index in [4.69, 9.17) is 33.7 Å². The Kier molecular flexibility index (Phi) is 8.22. The van der Waals surface area contributed by atoms with E-state index >= 15 is 0 Å². The molecule has 2 aromatic rings. The van der Waals surface area contributed by atoms with Crippen molar-refractivity contribution in [3.63, 3.8) is 0 Å². The first-order chi connectivity index (χ1) is 11.0. The standard InChI is InChI=1S/C17H15Cl2NO3.ClH/c18-12-6-7-13(14(19)8-12)16(21)9-15(20)17(22)23-10-11-4-2-1-3-5-11;/h1-8,15H,9-10,20H2;1H. The molecule has 2 aromatic carbocycles. The van der Waals surface area contributed by atoms with Crippen molar-refractivity contribution < 1.29 is 14.3 Å². The highest BCUT2D eigenvalue weighted by Gasteiger charge is 2.21. The summed E-state index contributed by atoms with van der Waals surface area (Å²) in [5.41, 5.74) is 6.86. The summed E-state index contributed by atoms with van der Waals surface area (Å²) in [7, 11) is 0. The van der Waals surface area contributed by atoms with Crippen molar-refractivity contribution in [2.24, 2.45) is 5.73 Å². The Morgan fingerprint density at radius 1 is 1.08 bits per heavy atom. The maximum absolute atomic E-state index is 12.2. The zero-order valence-corrected chi connectivity index (χ0v) is 14.9. The molecule has 128 valence electrons. The number of hydrogen-bond acceptors (Lipinski definition) is 4. The van der Waals surface area contributed by atoms with Crippen molar-refractivity contribution in [3.8, 4) is 0 Å². The molecule has 0 aliphatic heterocycles. The second-order valence-corrected chi connectivity index (χ2v) is 5.79. The first kappa shape index (κ1) is 20.5. The van der Waals surface area contributed by atoms with Crippen LogP contribution in [0.15, 0.2) is 48.5 Å². The third-order valence-corrected chi connectivity index (χ3v) is 3.71. The fourth-order valence-corrected chi connectivity index (χ4v) is 2.46. The van der Waals surface area contributed by atoms with Crippen LogP contribution in [0.2, 0.25) is 10.0 Å². The smallest absolute Gasteiger partial charge is 0.323 e. The number of halogens is 3. The van der Waals surface area contributed by atoms with E-state index in [1.54, 1.807) is 6.07 Å². The molecular weight excluding hydrogens is 373 g/mol. The number of hydrogen-bond donors (Lipinski definition) is 1. The molecule has 7 heteroatoms. The van der Waals surface area contributed by atoms with Crippen LogP contribution in [-0.2, 0) is 16.1 Å². The van der Waals surface area contributed by atoms with Crippen molar-refractivity contribution in [2.45, 2.75) is 19.1 Å². The molecule has 0 aromatic heterocycles. The summed E-state index contributed by atoms with van der Waals surface area (Å²) < 4.78 is 5.11. The average molecular weight is 389 g/mol. The first-order valence-corrected chi connectivity index (χ1v) is 7.67. The van der Waals surface area contributed by atoms with Gasteiger partial charge in [0.15, 0.2) is 5.78 Å². The number of rotatable bonds is 6. The number of Topliss-reactive ketones (excluding diaryl/α,β-unsaturated/α-hetero) is 1. The summed E-state index contributed by atoms with van der Waals surface area (Å²) in [4.78, 5) is 24.0. The molecule has 0 saturated heterocycles. The quantitative estimate of drug-likeness (QED) is 0.598. The van der Waals surface area contributed by atoms with Crippen LogP contribution in [0.25, 0.3) is 0 Å². The van der Waals surface area contributed by atoms with E-state index in [1.807, 2.05) is 30.3 Å². The third kappa shape index (κ3) is 5.80. The summed E-state index contributed by atoms with van der Waals surface area (Å²) >= 11 is 11.7. The van der Waals surface area contributed by atoms with E-state index in [0.717, 1.165) is 5.56 Å². The summed E-state index contributed by atoms with van der Waals surface area (Å²) in [6, 6.07) is 12.7. The van der Waals surface area contributed by atoms with Crippen LogP contribution < -0.4 is 5.73 Å². The van der Waals surface area contributed by atoms with Crippen molar-refractivity contribution in [3.05, 3.63) is 69.7 Å². The van der Waals surface area contributed by atoms with Gasteiger partial charge in [-0.1, -0.05) is 53.5 Å². The number of nitrogens with two attached hydrogens (primary N) is 1. The van der Waals surface area contributed by atoms with E-state index in [1.165, 1.54) is 12.1 Å². The molecule has 0 saturated carbocycles. The van der Waals surface area contributed by atoms with Crippen molar-refractivity contribution in [2.75, 3.05) is 0 Å². The van der Waals surface area contributed by atoms with Gasteiger partial charge < -0.3 is 10.5 Å². The molecule has 0 spiro atoms. The highest BCUT2D eigenvalue weighted by molar-refractivity contribution is 6.36. The molecule has 0 aliphatic rings. The summed E-state index contributed by atoms with van der Waals surface area (Å²) in [5, 5.41) is 0.658. The Bertz CT molecular complexity index is 707. The van der Waals surface area contributed by atoms with Gasteiger partial charge in [0, 0.05) is 17.0 Å². The van der Waals surface area contributed by atoms with Crippen LogP contribution in [0, 0.1) is 0 Å². The van der Waals surface area contributed by atoms with Gasteiger partial charge in [0.2, 0.25) is 0 Å². The fraction of sp³-hybridized carbons (Fsp3) is 0.176. The SMILES string of the molecule is Cl.NC(CC(=O)c1ccc(Cl)cc1Cl)C(=O)OCc1ccccc1. The van der Waals surface area contributed by atoms with Gasteiger partial charge >= 0.3 is 5.97 Å². The topological polar surface area (TPSA) is 69.4 Å². The molecular formula is C17H16Cl3NO3. The highest BCUT2D eigenvalue weighted by Crippen LogP contribution is 2.22. The lowest BCUT2D eigenvalue weighted by Crippen LogP contribution is -2.34. The molecule has 0 fully saturated rings. The van der Waals surface area contributed by atoms with Gasteiger partial charge in [0.1, 0.15) is 12.6 Å². The van der Waals surface area contributed by atoms with Gasteiger partial charge in [-0.25, -0.2) is 0 Å². The monoisotopic (exact) mass is 387 g/mol. The van der Waals surface area contributed by atoms with E-state index in [-0.39, 0.29) is 41.8 Å². The van der Waals surface area contributed by atoms with Crippen LogP contribution in [0.3, 0.4) is 0 Å². The minimum absolute atomic E-state index is 0. The van der Waals surface area contributed by atoms with Crippen LogP contribution in [-0.4, -0.2) is 17.8 Å². The number of carbonyl (C=O) groups excluding carboxylic acids is 2. The molecule has 24 heavy (non-hydrogen) atoms. The Hall–Kier alpha value is -1.59. The predicted molar refractivity (Wildman–Crippen MR) is 96.9 cm³/mol. The Morgan fingerprint density at radius 2 is 1.75 bits per heavy atom. The second-order valence-electron chi connectivity index (χ2n) is 4.95. The molecule has 0 amide bonds. The minimum atomic E-state index is -1.04. The van der Waals surface area contributed by atoms with Crippen molar-refractivity contribution >= 4 is 47.4 Å². The molecule has 0 radical (unpaired) electrons. The Labute approximate surface area is 156 Å². The molecule has 0 heterocycles. The number of carbonyl (C=O) groups is 2. The Morgan fingerprint density at radius 3 is 2.38 bits per heavy atom. The molecule has 1 unspecified atom stereocenters. The molecule has 4 nitrogen and oxygen atoms in total. The lowest BCUT2D eigenvalue weighted by atomic mass is 10.0. The van der Waals surface area contributed by atoms with Crippen LogP contribution in [0.1, 0.15) is 22.3 Å². The maximum atomic E-state index is 12.2.